The number of aliphatic hydroxyl groups excluding tert-OH is 1. The molecule has 74 valence electrons. The summed E-state index contributed by atoms with van der Waals surface area (Å²) in [5.74, 6) is 0.511. The van der Waals surface area contributed by atoms with Crippen LogP contribution in [0.1, 0.15) is 30.5 Å². The summed E-state index contributed by atoms with van der Waals surface area (Å²) in [6.07, 6.45) is 0. The molecule has 0 amide bonds. The monoisotopic (exact) mass is 200 g/mol. The van der Waals surface area contributed by atoms with Crippen molar-refractivity contribution in [2.24, 2.45) is 0 Å². The summed E-state index contributed by atoms with van der Waals surface area (Å²) in [4.78, 5) is 4.46. The van der Waals surface area contributed by atoms with Gasteiger partial charge in [-0.1, -0.05) is 13.8 Å². The van der Waals surface area contributed by atoms with Crippen molar-refractivity contribution in [3.8, 4) is 0 Å². The Morgan fingerprint density at radius 3 is 2.92 bits per heavy atom. The maximum atomic E-state index is 8.56. The van der Waals surface area contributed by atoms with Crippen molar-refractivity contribution < 1.29 is 5.11 Å². The van der Waals surface area contributed by atoms with Crippen molar-refractivity contribution in [1.82, 2.24) is 10.3 Å². The third-order valence-electron chi connectivity index (χ3n) is 1.66. The summed E-state index contributed by atoms with van der Waals surface area (Å²) in [7, 11) is 0. The lowest BCUT2D eigenvalue weighted by Crippen LogP contribution is -2.17. The van der Waals surface area contributed by atoms with Crippen LogP contribution in [0.15, 0.2) is 5.38 Å². The van der Waals surface area contributed by atoms with Gasteiger partial charge in [-0.25, -0.2) is 4.98 Å². The minimum Gasteiger partial charge on any atom is -0.395 e. The Hall–Kier alpha value is -0.450. The SMILES string of the molecule is CC(C)c1nc(CNCCO)cs1. The summed E-state index contributed by atoms with van der Waals surface area (Å²) in [5, 5.41) is 14.9. The van der Waals surface area contributed by atoms with E-state index in [1.807, 2.05) is 0 Å². The van der Waals surface area contributed by atoms with Crippen LogP contribution in [0, 0.1) is 0 Å². The highest BCUT2D eigenvalue weighted by Crippen LogP contribution is 2.18. The molecular weight excluding hydrogens is 184 g/mol. The first-order valence-electron chi connectivity index (χ1n) is 4.50. The molecule has 1 heterocycles. The van der Waals surface area contributed by atoms with Crippen LogP contribution in [0.5, 0.6) is 0 Å². The largest absolute Gasteiger partial charge is 0.395 e. The fourth-order valence-corrected chi connectivity index (χ4v) is 1.80. The lowest BCUT2D eigenvalue weighted by Gasteiger charge is -1.99. The molecule has 0 unspecified atom stereocenters. The third-order valence-corrected chi connectivity index (χ3v) is 2.85. The van der Waals surface area contributed by atoms with E-state index in [-0.39, 0.29) is 6.61 Å². The van der Waals surface area contributed by atoms with Gasteiger partial charge in [-0.15, -0.1) is 11.3 Å². The molecule has 1 aromatic rings. The standard InChI is InChI=1S/C9H16N2OS/c1-7(2)9-11-8(6-13-9)5-10-3-4-12/h6-7,10,12H,3-5H2,1-2H3. The van der Waals surface area contributed by atoms with Gasteiger partial charge < -0.3 is 10.4 Å². The van der Waals surface area contributed by atoms with Crippen molar-refractivity contribution in [3.05, 3.63) is 16.1 Å². The van der Waals surface area contributed by atoms with Gasteiger partial charge in [0.25, 0.3) is 0 Å². The number of aliphatic hydroxyl groups is 1. The van der Waals surface area contributed by atoms with Gasteiger partial charge in [0.2, 0.25) is 0 Å². The summed E-state index contributed by atoms with van der Waals surface area (Å²) in [5.41, 5.74) is 1.07. The molecule has 2 N–H and O–H groups in total. The number of nitrogens with one attached hydrogen (secondary N) is 1. The summed E-state index contributed by atoms with van der Waals surface area (Å²) in [6, 6.07) is 0. The molecule has 0 atom stereocenters. The molecule has 0 aliphatic rings. The van der Waals surface area contributed by atoms with E-state index in [1.54, 1.807) is 11.3 Å². The second kappa shape index (κ2) is 5.32. The van der Waals surface area contributed by atoms with E-state index < -0.39 is 0 Å². The Kier molecular flexibility index (Phi) is 4.35. The van der Waals surface area contributed by atoms with Gasteiger partial charge in [0.05, 0.1) is 17.3 Å². The maximum absolute atomic E-state index is 8.56. The molecule has 0 aromatic carbocycles. The van der Waals surface area contributed by atoms with E-state index in [4.69, 9.17) is 5.11 Å². The fraction of sp³-hybridized carbons (Fsp3) is 0.667. The molecule has 0 radical (unpaired) electrons. The zero-order valence-electron chi connectivity index (χ0n) is 8.08. The van der Waals surface area contributed by atoms with Crippen LogP contribution < -0.4 is 5.32 Å². The van der Waals surface area contributed by atoms with Crippen LogP contribution in [-0.2, 0) is 6.54 Å². The predicted molar refractivity (Wildman–Crippen MR) is 55.0 cm³/mol. The molecule has 0 bridgehead atoms. The Morgan fingerprint density at radius 2 is 2.38 bits per heavy atom. The zero-order valence-corrected chi connectivity index (χ0v) is 8.90. The molecule has 3 nitrogen and oxygen atoms in total. The Bertz CT molecular complexity index is 248. The van der Waals surface area contributed by atoms with E-state index in [0.29, 0.717) is 12.5 Å². The van der Waals surface area contributed by atoms with Gasteiger partial charge >= 0.3 is 0 Å². The van der Waals surface area contributed by atoms with E-state index >= 15 is 0 Å². The molecule has 0 fully saturated rings. The Balaban J connectivity index is 2.40. The number of nitrogens with zero attached hydrogens (tertiary/aromatic N) is 1. The van der Waals surface area contributed by atoms with Crippen LogP contribution in [-0.4, -0.2) is 23.2 Å². The van der Waals surface area contributed by atoms with Crippen molar-refractivity contribution in [1.29, 1.82) is 0 Å². The highest BCUT2D eigenvalue weighted by atomic mass is 32.1. The molecule has 0 aliphatic heterocycles. The first kappa shape index (κ1) is 10.6. The van der Waals surface area contributed by atoms with Crippen LogP contribution in [0.4, 0.5) is 0 Å². The lowest BCUT2D eigenvalue weighted by atomic mass is 10.2. The Morgan fingerprint density at radius 1 is 1.62 bits per heavy atom. The van der Waals surface area contributed by atoms with Gasteiger partial charge in [-0.3, -0.25) is 0 Å². The minimum atomic E-state index is 0.182. The van der Waals surface area contributed by atoms with Crippen LogP contribution in [0.3, 0.4) is 0 Å². The average molecular weight is 200 g/mol. The topological polar surface area (TPSA) is 45.2 Å². The Labute approximate surface area is 82.8 Å². The second-order valence-corrected chi connectivity index (χ2v) is 4.12. The summed E-state index contributed by atoms with van der Waals surface area (Å²) >= 11 is 1.70. The molecule has 0 aliphatic carbocycles. The second-order valence-electron chi connectivity index (χ2n) is 3.23. The molecule has 13 heavy (non-hydrogen) atoms. The first-order valence-corrected chi connectivity index (χ1v) is 5.38. The number of thiazole rings is 1. The van der Waals surface area contributed by atoms with Crippen molar-refractivity contribution in [3.63, 3.8) is 0 Å². The maximum Gasteiger partial charge on any atom is 0.0954 e. The molecule has 0 saturated heterocycles. The molecular formula is C9H16N2OS. The van der Waals surface area contributed by atoms with Crippen molar-refractivity contribution in [2.45, 2.75) is 26.3 Å². The summed E-state index contributed by atoms with van der Waals surface area (Å²) in [6.45, 7) is 5.85. The number of aromatic nitrogens is 1. The first-order chi connectivity index (χ1) is 6.24. The number of rotatable bonds is 5. The number of hydrogen-bond donors (Lipinski definition) is 2. The summed E-state index contributed by atoms with van der Waals surface area (Å²) < 4.78 is 0. The predicted octanol–water partition coefficient (Wildman–Crippen LogP) is 1.35. The van der Waals surface area contributed by atoms with Crippen LogP contribution in [0.25, 0.3) is 0 Å². The molecule has 1 rings (SSSR count). The van der Waals surface area contributed by atoms with E-state index in [0.717, 1.165) is 12.2 Å². The van der Waals surface area contributed by atoms with Gasteiger partial charge in [-0.2, -0.15) is 0 Å². The quantitative estimate of drug-likeness (QED) is 0.705. The zero-order chi connectivity index (χ0) is 9.68. The van der Waals surface area contributed by atoms with E-state index in [1.165, 1.54) is 5.01 Å². The van der Waals surface area contributed by atoms with Crippen molar-refractivity contribution in [2.75, 3.05) is 13.2 Å². The van der Waals surface area contributed by atoms with Crippen molar-refractivity contribution >= 4 is 11.3 Å². The van der Waals surface area contributed by atoms with E-state index in [2.05, 4.69) is 29.5 Å². The van der Waals surface area contributed by atoms with Gasteiger partial charge in [0.15, 0.2) is 0 Å². The van der Waals surface area contributed by atoms with Gasteiger partial charge in [-0.05, 0) is 0 Å². The van der Waals surface area contributed by atoms with Gasteiger partial charge in [0, 0.05) is 24.4 Å². The highest BCUT2D eigenvalue weighted by molar-refractivity contribution is 7.09. The van der Waals surface area contributed by atoms with Crippen LogP contribution in [0.2, 0.25) is 0 Å². The number of hydrogen-bond acceptors (Lipinski definition) is 4. The normalized spacial score (nSPS) is 11.1. The minimum absolute atomic E-state index is 0.182. The van der Waals surface area contributed by atoms with Crippen LogP contribution >= 0.6 is 11.3 Å². The smallest absolute Gasteiger partial charge is 0.0954 e. The van der Waals surface area contributed by atoms with Gasteiger partial charge in [0.1, 0.15) is 0 Å². The highest BCUT2D eigenvalue weighted by Gasteiger charge is 2.04. The average Bonchev–Trinajstić information content (AvgIpc) is 2.53. The molecule has 0 saturated carbocycles. The fourth-order valence-electron chi connectivity index (χ4n) is 0.965. The molecule has 1 aromatic heterocycles. The third kappa shape index (κ3) is 3.42. The molecule has 4 heteroatoms. The lowest BCUT2D eigenvalue weighted by molar-refractivity contribution is 0.291. The molecule has 0 spiro atoms. The van der Waals surface area contributed by atoms with E-state index in [9.17, 15) is 0 Å².